The van der Waals surface area contributed by atoms with Crippen LogP contribution in [0.1, 0.15) is 49.4 Å². The lowest BCUT2D eigenvalue weighted by Gasteiger charge is -2.37. The maximum absolute atomic E-state index is 12.7. The quantitative estimate of drug-likeness (QED) is 0.842. The summed E-state index contributed by atoms with van der Waals surface area (Å²) >= 11 is 0. The van der Waals surface area contributed by atoms with E-state index in [9.17, 15) is 4.79 Å². The fourth-order valence-electron chi connectivity index (χ4n) is 4.04. The smallest absolute Gasteiger partial charge is 0.254 e. The second kappa shape index (κ2) is 8.17. The Morgan fingerprint density at radius 1 is 1.16 bits per heavy atom. The van der Waals surface area contributed by atoms with Crippen molar-refractivity contribution in [2.24, 2.45) is 5.92 Å². The second-order valence-electron chi connectivity index (χ2n) is 7.78. The Kier molecular flexibility index (Phi) is 5.94. The van der Waals surface area contributed by atoms with Gasteiger partial charge in [-0.05, 0) is 71.2 Å². The van der Waals surface area contributed by atoms with E-state index in [1.54, 1.807) is 6.20 Å². The van der Waals surface area contributed by atoms with Gasteiger partial charge in [-0.25, -0.2) is 4.98 Å². The molecule has 3 heterocycles. The van der Waals surface area contributed by atoms with Crippen LogP contribution in [-0.2, 0) is 0 Å². The van der Waals surface area contributed by atoms with E-state index in [1.807, 2.05) is 17.0 Å². The third-order valence-electron chi connectivity index (χ3n) is 6.00. The minimum absolute atomic E-state index is 0.166. The zero-order valence-electron chi connectivity index (χ0n) is 15.9. The van der Waals surface area contributed by atoms with Gasteiger partial charge in [0, 0.05) is 44.0 Å². The fraction of sp³-hybridized carbons (Fsp3) is 0.700. The SMILES string of the molecule is C[C@H](C1CCN(c2cc(C(=O)N3CCCCC3)ccn2)CC1)N(C)C. The molecule has 0 unspecified atom stereocenters. The Hall–Kier alpha value is -1.62. The molecule has 2 saturated heterocycles. The van der Waals surface area contributed by atoms with E-state index in [0.29, 0.717) is 6.04 Å². The van der Waals surface area contributed by atoms with Crippen LogP contribution < -0.4 is 4.90 Å². The van der Waals surface area contributed by atoms with Crippen LogP contribution in [0.4, 0.5) is 5.82 Å². The zero-order chi connectivity index (χ0) is 17.8. The Morgan fingerprint density at radius 2 is 1.84 bits per heavy atom. The van der Waals surface area contributed by atoms with Gasteiger partial charge in [0.15, 0.2) is 0 Å². The highest BCUT2D eigenvalue weighted by atomic mass is 16.2. The minimum atomic E-state index is 0.166. The van der Waals surface area contributed by atoms with Crippen LogP contribution >= 0.6 is 0 Å². The number of carbonyl (C=O) groups excluding carboxylic acids is 1. The van der Waals surface area contributed by atoms with Crippen molar-refractivity contribution in [1.29, 1.82) is 0 Å². The summed E-state index contributed by atoms with van der Waals surface area (Å²) in [4.78, 5) is 23.9. The highest BCUT2D eigenvalue weighted by Gasteiger charge is 2.26. The van der Waals surface area contributed by atoms with Crippen molar-refractivity contribution in [3.05, 3.63) is 23.9 Å². The average molecular weight is 345 g/mol. The molecule has 1 aromatic heterocycles. The number of anilines is 1. The van der Waals surface area contributed by atoms with Crippen molar-refractivity contribution in [1.82, 2.24) is 14.8 Å². The van der Waals surface area contributed by atoms with Crippen LogP contribution in [0.3, 0.4) is 0 Å². The number of likely N-dealkylation sites (tertiary alicyclic amines) is 1. The molecule has 3 rings (SSSR count). The summed E-state index contributed by atoms with van der Waals surface area (Å²) in [6.07, 6.45) is 7.66. The van der Waals surface area contributed by atoms with Crippen LogP contribution in [0.25, 0.3) is 0 Å². The number of nitrogens with zero attached hydrogens (tertiary/aromatic N) is 4. The number of piperidine rings is 2. The molecule has 0 aromatic carbocycles. The average Bonchev–Trinajstić information content (AvgIpc) is 2.67. The van der Waals surface area contributed by atoms with Gasteiger partial charge >= 0.3 is 0 Å². The van der Waals surface area contributed by atoms with Crippen LogP contribution in [0.15, 0.2) is 18.3 Å². The van der Waals surface area contributed by atoms with Gasteiger partial charge in [-0.1, -0.05) is 0 Å². The molecule has 0 N–H and O–H groups in total. The molecule has 5 heteroatoms. The highest BCUT2D eigenvalue weighted by Crippen LogP contribution is 2.26. The lowest BCUT2D eigenvalue weighted by Crippen LogP contribution is -2.42. The summed E-state index contributed by atoms with van der Waals surface area (Å²) in [5.74, 6) is 1.86. The third kappa shape index (κ3) is 4.32. The first-order valence-corrected chi connectivity index (χ1v) is 9.73. The molecule has 2 aliphatic heterocycles. The summed E-state index contributed by atoms with van der Waals surface area (Å²) in [6.45, 7) is 6.15. The molecule has 0 saturated carbocycles. The number of rotatable bonds is 4. The first kappa shape index (κ1) is 18.2. The zero-order valence-corrected chi connectivity index (χ0v) is 15.9. The summed E-state index contributed by atoms with van der Waals surface area (Å²) in [7, 11) is 4.32. The van der Waals surface area contributed by atoms with Crippen LogP contribution in [0.2, 0.25) is 0 Å². The van der Waals surface area contributed by atoms with Gasteiger partial charge in [-0.2, -0.15) is 0 Å². The minimum Gasteiger partial charge on any atom is -0.357 e. The summed E-state index contributed by atoms with van der Waals surface area (Å²) < 4.78 is 0. The van der Waals surface area contributed by atoms with Crippen molar-refractivity contribution in [2.75, 3.05) is 45.2 Å². The molecule has 0 radical (unpaired) electrons. The monoisotopic (exact) mass is 344 g/mol. The number of hydrogen-bond donors (Lipinski definition) is 0. The van der Waals surface area contributed by atoms with Gasteiger partial charge in [-0.3, -0.25) is 4.79 Å². The molecule has 138 valence electrons. The Bertz CT molecular complexity index is 575. The van der Waals surface area contributed by atoms with Crippen molar-refractivity contribution >= 4 is 11.7 Å². The first-order valence-electron chi connectivity index (χ1n) is 9.73. The number of pyridine rings is 1. The molecule has 25 heavy (non-hydrogen) atoms. The standard InChI is InChI=1S/C20H32N4O/c1-16(22(2)3)17-8-13-23(14-9-17)19-15-18(7-10-21-19)20(25)24-11-5-4-6-12-24/h7,10,15-17H,4-6,8-9,11-14H2,1-3H3/t16-/m1/s1. The Labute approximate surface area is 152 Å². The largest absolute Gasteiger partial charge is 0.357 e. The van der Waals surface area contributed by atoms with E-state index in [0.717, 1.165) is 56.3 Å². The van der Waals surface area contributed by atoms with E-state index < -0.39 is 0 Å². The number of amides is 1. The van der Waals surface area contributed by atoms with E-state index in [2.05, 4.69) is 35.8 Å². The molecule has 0 spiro atoms. The molecule has 2 fully saturated rings. The first-order chi connectivity index (χ1) is 12.1. The van der Waals surface area contributed by atoms with E-state index in [4.69, 9.17) is 0 Å². The topological polar surface area (TPSA) is 39.7 Å². The van der Waals surface area contributed by atoms with Crippen LogP contribution in [0, 0.1) is 5.92 Å². The maximum atomic E-state index is 12.7. The summed E-state index contributed by atoms with van der Waals surface area (Å²) in [5.41, 5.74) is 0.788. The summed E-state index contributed by atoms with van der Waals surface area (Å²) in [6, 6.07) is 4.47. The number of hydrogen-bond acceptors (Lipinski definition) is 4. The normalized spacial score (nSPS) is 20.8. The van der Waals surface area contributed by atoms with Gasteiger partial charge in [-0.15, -0.1) is 0 Å². The highest BCUT2D eigenvalue weighted by molar-refractivity contribution is 5.94. The fourth-order valence-corrected chi connectivity index (χ4v) is 4.04. The number of aromatic nitrogens is 1. The second-order valence-corrected chi connectivity index (χ2v) is 7.78. The van der Waals surface area contributed by atoms with Gasteiger partial charge in [0.05, 0.1) is 0 Å². The molecule has 1 amide bonds. The van der Waals surface area contributed by atoms with Gasteiger partial charge < -0.3 is 14.7 Å². The number of carbonyl (C=O) groups is 1. The third-order valence-corrected chi connectivity index (χ3v) is 6.00. The van der Waals surface area contributed by atoms with Crippen molar-refractivity contribution in [2.45, 2.75) is 45.1 Å². The van der Waals surface area contributed by atoms with E-state index in [1.165, 1.54) is 19.3 Å². The van der Waals surface area contributed by atoms with Gasteiger partial charge in [0.1, 0.15) is 5.82 Å². The molecular formula is C20H32N4O. The molecule has 0 bridgehead atoms. The predicted molar refractivity (Wildman–Crippen MR) is 102 cm³/mol. The molecule has 1 atom stereocenters. The van der Waals surface area contributed by atoms with Crippen LogP contribution in [-0.4, -0.2) is 67.0 Å². The van der Waals surface area contributed by atoms with Crippen molar-refractivity contribution < 1.29 is 4.79 Å². The lowest BCUT2D eigenvalue weighted by molar-refractivity contribution is 0.0724. The molecule has 1 aromatic rings. The molecule has 5 nitrogen and oxygen atoms in total. The molecule has 0 aliphatic carbocycles. The van der Waals surface area contributed by atoms with Crippen molar-refractivity contribution in [3.8, 4) is 0 Å². The molecule has 2 aliphatic rings. The Balaban J connectivity index is 1.63. The Morgan fingerprint density at radius 3 is 2.48 bits per heavy atom. The maximum Gasteiger partial charge on any atom is 0.254 e. The van der Waals surface area contributed by atoms with Gasteiger partial charge in [0.2, 0.25) is 0 Å². The van der Waals surface area contributed by atoms with Crippen LogP contribution in [0.5, 0.6) is 0 Å². The van der Waals surface area contributed by atoms with E-state index in [-0.39, 0.29) is 5.91 Å². The van der Waals surface area contributed by atoms with E-state index >= 15 is 0 Å². The lowest BCUT2D eigenvalue weighted by atomic mass is 9.90. The molecular weight excluding hydrogens is 312 g/mol. The van der Waals surface area contributed by atoms with Gasteiger partial charge in [0.25, 0.3) is 5.91 Å². The predicted octanol–water partition coefficient (Wildman–Crippen LogP) is 2.87. The summed E-state index contributed by atoms with van der Waals surface area (Å²) in [5, 5.41) is 0. The van der Waals surface area contributed by atoms with Crippen molar-refractivity contribution in [3.63, 3.8) is 0 Å².